The Hall–Kier alpha value is -3.81. The lowest BCUT2D eigenvalue weighted by molar-refractivity contribution is 0.152. The van der Waals surface area contributed by atoms with Crippen LogP contribution >= 0.6 is 0 Å². The van der Waals surface area contributed by atoms with Crippen LogP contribution in [0.4, 0.5) is 4.79 Å². The van der Waals surface area contributed by atoms with Crippen molar-refractivity contribution in [2.75, 3.05) is 20.8 Å². The van der Waals surface area contributed by atoms with Gasteiger partial charge in [0.05, 0.1) is 32.7 Å². The molecule has 1 N–H and O–H groups in total. The number of carbonyl (C=O) groups excluding carboxylic acids is 1. The number of amides is 1. The van der Waals surface area contributed by atoms with Crippen molar-refractivity contribution in [1.82, 2.24) is 15.2 Å². The molecule has 1 heterocycles. The highest BCUT2D eigenvalue weighted by atomic mass is 16.5. The Bertz CT molecular complexity index is 999. The minimum atomic E-state index is -0.619. The molecule has 0 aliphatic heterocycles. The summed E-state index contributed by atoms with van der Waals surface area (Å²) in [5.41, 5.74) is 5.41. The molecule has 0 atom stereocenters. The molecule has 0 fully saturated rings. The predicted octanol–water partition coefficient (Wildman–Crippen LogP) is 3.64. The van der Waals surface area contributed by atoms with E-state index in [2.05, 4.69) is 10.5 Å². The molecule has 3 rings (SSSR count). The van der Waals surface area contributed by atoms with Gasteiger partial charge >= 0.3 is 6.09 Å². The first kappa shape index (κ1) is 19.9. The number of nitrogens with zero attached hydrogens (tertiary/aromatic N) is 3. The van der Waals surface area contributed by atoms with E-state index < -0.39 is 6.09 Å². The molecular weight excluding hydrogens is 372 g/mol. The summed E-state index contributed by atoms with van der Waals surface area (Å²) in [7, 11) is 3.16. The van der Waals surface area contributed by atoms with Crippen LogP contribution in [0, 0.1) is 0 Å². The maximum Gasteiger partial charge on any atom is 0.427 e. The van der Waals surface area contributed by atoms with Crippen molar-refractivity contribution in [2.24, 2.45) is 5.10 Å². The summed E-state index contributed by atoms with van der Waals surface area (Å²) in [6.45, 7) is 1.99. The molecule has 0 spiro atoms. The normalized spacial score (nSPS) is 10.7. The maximum atomic E-state index is 11.5. The molecule has 0 aliphatic rings. The number of benzene rings is 2. The van der Waals surface area contributed by atoms with Gasteiger partial charge in [0.15, 0.2) is 11.5 Å². The molecule has 2 aromatic carbocycles. The minimum absolute atomic E-state index is 0.268. The van der Waals surface area contributed by atoms with Crippen LogP contribution in [0.1, 0.15) is 12.5 Å². The average Bonchev–Trinajstić information content (AvgIpc) is 3.18. The number of aromatic nitrogens is 2. The molecule has 0 unspecified atom stereocenters. The number of methoxy groups -OCH3 is 2. The number of hydrogen-bond donors (Lipinski definition) is 1. The van der Waals surface area contributed by atoms with Gasteiger partial charge in [-0.15, -0.1) is 0 Å². The largest absolute Gasteiger partial charge is 0.493 e. The van der Waals surface area contributed by atoms with E-state index in [1.165, 1.54) is 6.21 Å². The van der Waals surface area contributed by atoms with E-state index in [9.17, 15) is 4.79 Å². The molecule has 8 heteroatoms. The number of hydrazone groups is 1. The Balaban J connectivity index is 2.01. The SMILES string of the molecule is CCOC(=O)N/N=C/c1cn(-c2ccccc2)nc1-c1ccc(OC)c(OC)c1. The van der Waals surface area contributed by atoms with E-state index in [1.807, 2.05) is 54.7 Å². The molecule has 1 aromatic heterocycles. The Labute approximate surface area is 168 Å². The topological polar surface area (TPSA) is 87.0 Å². The molecule has 1 amide bonds. The molecule has 3 aromatic rings. The van der Waals surface area contributed by atoms with Gasteiger partial charge in [-0.2, -0.15) is 10.2 Å². The van der Waals surface area contributed by atoms with Gasteiger partial charge in [-0.3, -0.25) is 0 Å². The van der Waals surface area contributed by atoms with E-state index in [4.69, 9.17) is 19.3 Å². The van der Waals surface area contributed by atoms with Crippen molar-refractivity contribution in [2.45, 2.75) is 6.92 Å². The summed E-state index contributed by atoms with van der Waals surface area (Å²) >= 11 is 0. The number of rotatable bonds is 7. The summed E-state index contributed by atoms with van der Waals surface area (Å²) in [5.74, 6) is 1.21. The van der Waals surface area contributed by atoms with Crippen LogP contribution in [0.25, 0.3) is 16.9 Å². The van der Waals surface area contributed by atoms with Crippen molar-refractivity contribution < 1.29 is 19.0 Å². The predicted molar refractivity (Wildman–Crippen MR) is 110 cm³/mol. The second-order valence-electron chi connectivity index (χ2n) is 5.87. The fourth-order valence-corrected chi connectivity index (χ4v) is 2.72. The Morgan fingerprint density at radius 2 is 1.90 bits per heavy atom. The van der Waals surface area contributed by atoms with Gasteiger partial charge in [0, 0.05) is 17.3 Å². The molecule has 0 aliphatic carbocycles. The lowest BCUT2D eigenvalue weighted by atomic mass is 10.1. The number of nitrogens with one attached hydrogen (secondary N) is 1. The summed E-state index contributed by atoms with van der Waals surface area (Å²) < 4.78 is 17.3. The van der Waals surface area contributed by atoms with Crippen LogP contribution in [0.5, 0.6) is 11.5 Å². The van der Waals surface area contributed by atoms with E-state index in [0.717, 1.165) is 11.3 Å². The first-order chi connectivity index (χ1) is 14.2. The van der Waals surface area contributed by atoms with E-state index in [1.54, 1.807) is 25.8 Å². The van der Waals surface area contributed by atoms with Crippen molar-refractivity contribution in [3.63, 3.8) is 0 Å². The number of ether oxygens (including phenoxy) is 3. The van der Waals surface area contributed by atoms with E-state index in [-0.39, 0.29) is 6.61 Å². The number of para-hydroxylation sites is 1. The van der Waals surface area contributed by atoms with Crippen LogP contribution < -0.4 is 14.9 Å². The average molecular weight is 394 g/mol. The molecule has 8 nitrogen and oxygen atoms in total. The smallest absolute Gasteiger partial charge is 0.427 e. The lowest BCUT2D eigenvalue weighted by Crippen LogP contribution is -2.18. The van der Waals surface area contributed by atoms with Crippen LogP contribution in [-0.4, -0.2) is 42.9 Å². The van der Waals surface area contributed by atoms with E-state index in [0.29, 0.717) is 22.8 Å². The highest BCUT2D eigenvalue weighted by Crippen LogP contribution is 2.33. The van der Waals surface area contributed by atoms with Gasteiger partial charge in [-0.1, -0.05) is 18.2 Å². The first-order valence-electron chi connectivity index (χ1n) is 8.99. The van der Waals surface area contributed by atoms with Gasteiger partial charge in [0.1, 0.15) is 5.69 Å². The fourth-order valence-electron chi connectivity index (χ4n) is 2.72. The monoisotopic (exact) mass is 394 g/mol. The van der Waals surface area contributed by atoms with Crippen LogP contribution in [-0.2, 0) is 4.74 Å². The second-order valence-corrected chi connectivity index (χ2v) is 5.87. The Morgan fingerprint density at radius 1 is 1.14 bits per heavy atom. The zero-order valence-electron chi connectivity index (χ0n) is 16.5. The molecule has 0 bridgehead atoms. The molecule has 150 valence electrons. The zero-order chi connectivity index (χ0) is 20.6. The molecule has 0 saturated carbocycles. The third-order valence-corrected chi connectivity index (χ3v) is 4.06. The van der Waals surface area contributed by atoms with Gasteiger partial charge in [0.25, 0.3) is 0 Å². The Morgan fingerprint density at radius 3 is 2.59 bits per heavy atom. The van der Waals surface area contributed by atoms with E-state index >= 15 is 0 Å². The number of hydrogen-bond acceptors (Lipinski definition) is 6. The summed E-state index contributed by atoms with van der Waals surface area (Å²) in [6, 6.07) is 15.2. The lowest BCUT2D eigenvalue weighted by Gasteiger charge is -2.09. The Kier molecular flexibility index (Phi) is 6.47. The third-order valence-electron chi connectivity index (χ3n) is 4.06. The standard InChI is InChI=1S/C21H22N4O4/c1-4-29-21(26)23-22-13-16-14-25(17-8-6-5-7-9-17)24-20(16)15-10-11-18(27-2)19(12-15)28-3/h5-14H,4H2,1-3H3,(H,23,26)/b22-13+. The van der Waals surface area contributed by atoms with Gasteiger partial charge in [-0.25, -0.2) is 14.9 Å². The highest BCUT2D eigenvalue weighted by molar-refractivity contribution is 5.89. The summed E-state index contributed by atoms with van der Waals surface area (Å²) in [4.78, 5) is 11.5. The van der Waals surface area contributed by atoms with Gasteiger partial charge < -0.3 is 14.2 Å². The van der Waals surface area contributed by atoms with Crippen molar-refractivity contribution in [1.29, 1.82) is 0 Å². The van der Waals surface area contributed by atoms with Gasteiger partial charge in [-0.05, 0) is 37.3 Å². The molecule has 29 heavy (non-hydrogen) atoms. The third kappa shape index (κ3) is 4.73. The zero-order valence-corrected chi connectivity index (χ0v) is 16.5. The minimum Gasteiger partial charge on any atom is -0.493 e. The van der Waals surface area contributed by atoms with Gasteiger partial charge in [0.2, 0.25) is 0 Å². The quantitative estimate of drug-likeness (QED) is 0.488. The summed E-state index contributed by atoms with van der Waals surface area (Å²) in [5, 5.41) is 8.67. The van der Waals surface area contributed by atoms with Crippen LogP contribution in [0.2, 0.25) is 0 Å². The van der Waals surface area contributed by atoms with Crippen LogP contribution in [0.15, 0.2) is 59.8 Å². The van der Waals surface area contributed by atoms with Crippen LogP contribution in [0.3, 0.4) is 0 Å². The summed E-state index contributed by atoms with van der Waals surface area (Å²) in [6.07, 6.45) is 2.74. The van der Waals surface area contributed by atoms with Crippen molar-refractivity contribution in [3.8, 4) is 28.4 Å². The molecular formula is C21H22N4O4. The maximum absolute atomic E-state index is 11.5. The first-order valence-corrected chi connectivity index (χ1v) is 8.99. The molecule has 0 saturated heterocycles. The highest BCUT2D eigenvalue weighted by Gasteiger charge is 2.14. The molecule has 0 radical (unpaired) electrons. The fraction of sp³-hybridized carbons (Fsp3) is 0.190. The van der Waals surface area contributed by atoms with Crippen molar-refractivity contribution >= 4 is 12.3 Å². The second kappa shape index (κ2) is 9.41. The van der Waals surface area contributed by atoms with Crippen molar-refractivity contribution in [3.05, 3.63) is 60.3 Å². The number of carbonyl (C=O) groups is 1.